The van der Waals surface area contributed by atoms with Gasteiger partial charge >= 0.3 is 0 Å². The molecule has 0 fully saturated rings. The number of pyridine rings is 1. The maximum Gasteiger partial charge on any atom is 0.250 e. The number of rotatable bonds is 1. The van der Waals surface area contributed by atoms with Crippen LogP contribution in [0, 0.1) is 0 Å². The molecule has 0 saturated heterocycles. The van der Waals surface area contributed by atoms with Crippen LogP contribution in [0.15, 0.2) is 35.6 Å². The third-order valence-electron chi connectivity index (χ3n) is 1.87. The van der Waals surface area contributed by atoms with Crippen molar-refractivity contribution in [2.24, 2.45) is 4.99 Å². The molecule has 0 spiro atoms. The van der Waals surface area contributed by atoms with E-state index in [0.29, 0.717) is 6.42 Å². The van der Waals surface area contributed by atoms with Crippen molar-refractivity contribution in [3.63, 3.8) is 0 Å². The second kappa shape index (κ2) is 3.31. The molecule has 0 atom stereocenters. The lowest BCUT2D eigenvalue weighted by atomic mass is 10.0. The van der Waals surface area contributed by atoms with Crippen LogP contribution in [-0.2, 0) is 4.79 Å². The van der Waals surface area contributed by atoms with Gasteiger partial charge in [-0.05, 0) is 23.3 Å². The van der Waals surface area contributed by atoms with Crippen LogP contribution in [-0.4, -0.2) is 17.1 Å². The third kappa shape index (κ3) is 1.69. The van der Waals surface area contributed by atoms with Gasteiger partial charge in [0.05, 0.1) is 6.42 Å². The topological polar surface area (TPSA) is 42.3 Å². The van der Waals surface area contributed by atoms with Crippen LogP contribution in [0.3, 0.4) is 0 Å². The van der Waals surface area contributed by atoms with E-state index in [0.717, 1.165) is 11.1 Å². The Morgan fingerprint density at radius 2 is 2.31 bits per heavy atom. The second-order valence-electron chi connectivity index (χ2n) is 2.78. The van der Waals surface area contributed by atoms with Gasteiger partial charge in [0, 0.05) is 18.6 Å². The van der Waals surface area contributed by atoms with Crippen LogP contribution in [0.25, 0.3) is 5.57 Å². The maximum absolute atomic E-state index is 11.0. The molecule has 64 valence electrons. The average Bonchev–Trinajstić information content (AvgIpc) is 2.19. The SMILES string of the molecule is O=C1CC(c2cccnc2)=CC=N1. The molecule has 3 nitrogen and oxygen atoms in total. The van der Waals surface area contributed by atoms with Gasteiger partial charge in [-0.3, -0.25) is 9.78 Å². The Hall–Kier alpha value is -1.77. The summed E-state index contributed by atoms with van der Waals surface area (Å²) in [5.41, 5.74) is 1.97. The highest BCUT2D eigenvalue weighted by Crippen LogP contribution is 2.18. The number of amides is 1. The quantitative estimate of drug-likeness (QED) is 0.643. The van der Waals surface area contributed by atoms with Crippen molar-refractivity contribution in [3.05, 3.63) is 36.2 Å². The first-order valence-electron chi connectivity index (χ1n) is 4.03. The number of carbonyl (C=O) groups excluding carboxylic acids is 1. The molecular formula is C10H8N2O. The fourth-order valence-electron chi connectivity index (χ4n) is 1.23. The van der Waals surface area contributed by atoms with Crippen molar-refractivity contribution in [2.75, 3.05) is 0 Å². The first-order valence-corrected chi connectivity index (χ1v) is 4.03. The van der Waals surface area contributed by atoms with Gasteiger partial charge in [0.1, 0.15) is 0 Å². The van der Waals surface area contributed by atoms with Gasteiger partial charge in [-0.25, -0.2) is 4.99 Å². The Labute approximate surface area is 75.8 Å². The molecule has 2 rings (SSSR count). The molecule has 0 N–H and O–H groups in total. The summed E-state index contributed by atoms with van der Waals surface area (Å²) in [5, 5.41) is 0. The Bertz CT molecular complexity index is 379. The fraction of sp³-hybridized carbons (Fsp3) is 0.100. The molecule has 0 unspecified atom stereocenters. The monoisotopic (exact) mass is 172 g/mol. The lowest BCUT2D eigenvalue weighted by Gasteiger charge is -2.06. The number of nitrogens with zero attached hydrogens (tertiary/aromatic N) is 2. The molecule has 0 radical (unpaired) electrons. The van der Waals surface area contributed by atoms with Gasteiger partial charge in [-0.1, -0.05) is 6.07 Å². The highest BCUT2D eigenvalue weighted by atomic mass is 16.1. The molecule has 13 heavy (non-hydrogen) atoms. The Balaban J connectivity index is 2.33. The van der Waals surface area contributed by atoms with E-state index in [2.05, 4.69) is 9.98 Å². The maximum atomic E-state index is 11.0. The summed E-state index contributed by atoms with van der Waals surface area (Å²) in [6.07, 6.45) is 7.22. The van der Waals surface area contributed by atoms with Gasteiger partial charge in [0.15, 0.2) is 0 Å². The standard InChI is InChI=1S/C10H8N2O/c13-10-6-8(3-5-12-10)9-2-1-4-11-7-9/h1-5,7H,6H2. The Morgan fingerprint density at radius 1 is 1.38 bits per heavy atom. The van der Waals surface area contributed by atoms with Crippen LogP contribution in [0.5, 0.6) is 0 Å². The summed E-state index contributed by atoms with van der Waals surface area (Å²) in [7, 11) is 0. The molecule has 0 bridgehead atoms. The lowest BCUT2D eigenvalue weighted by Crippen LogP contribution is -2.01. The van der Waals surface area contributed by atoms with Crippen LogP contribution >= 0.6 is 0 Å². The number of aliphatic imine (C=N–C) groups is 1. The van der Waals surface area contributed by atoms with Crippen molar-refractivity contribution >= 4 is 17.7 Å². The van der Waals surface area contributed by atoms with Gasteiger partial charge in [-0.15, -0.1) is 0 Å². The van der Waals surface area contributed by atoms with Crippen LogP contribution < -0.4 is 0 Å². The van der Waals surface area contributed by atoms with E-state index >= 15 is 0 Å². The smallest absolute Gasteiger partial charge is 0.250 e. The van der Waals surface area contributed by atoms with E-state index in [4.69, 9.17) is 0 Å². The summed E-state index contributed by atoms with van der Waals surface area (Å²) in [6.45, 7) is 0. The van der Waals surface area contributed by atoms with E-state index in [-0.39, 0.29) is 5.91 Å². The van der Waals surface area contributed by atoms with E-state index in [1.807, 2.05) is 18.2 Å². The van der Waals surface area contributed by atoms with Crippen molar-refractivity contribution in [3.8, 4) is 0 Å². The summed E-state index contributed by atoms with van der Waals surface area (Å²) in [4.78, 5) is 18.6. The normalized spacial score (nSPS) is 15.7. The third-order valence-corrected chi connectivity index (χ3v) is 1.87. The van der Waals surface area contributed by atoms with Crippen LogP contribution in [0.2, 0.25) is 0 Å². The molecule has 0 aromatic carbocycles. The van der Waals surface area contributed by atoms with Gasteiger partial charge in [0.2, 0.25) is 5.91 Å². The molecule has 1 aliphatic heterocycles. The summed E-state index contributed by atoms with van der Waals surface area (Å²) >= 11 is 0. The number of dihydropyridines is 1. The largest absolute Gasteiger partial charge is 0.272 e. The van der Waals surface area contributed by atoms with Crippen LogP contribution in [0.4, 0.5) is 0 Å². The molecule has 1 aromatic rings. The second-order valence-corrected chi connectivity index (χ2v) is 2.78. The summed E-state index contributed by atoms with van der Waals surface area (Å²) in [6, 6.07) is 3.79. The molecule has 0 aliphatic carbocycles. The highest BCUT2D eigenvalue weighted by molar-refractivity contribution is 6.03. The minimum Gasteiger partial charge on any atom is -0.272 e. The number of hydrogen-bond acceptors (Lipinski definition) is 2. The summed E-state index contributed by atoms with van der Waals surface area (Å²) < 4.78 is 0. The zero-order valence-corrected chi connectivity index (χ0v) is 6.97. The molecule has 1 amide bonds. The molecule has 2 heterocycles. The molecule has 1 aliphatic rings. The molecule has 3 heteroatoms. The zero-order valence-electron chi connectivity index (χ0n) is 6.97. The highest BCUT2D eigenvalue weighted by Gasteiger charge is 2.09. The Kier molecular flexibility index (Phi) is 2.00. The summed E-state index contributed by atoms with van der Waals surface area (Å²) in [5.74, 6) is -0.0960. The number of hydrogen-bond donors (Lipinski definition) is 0. The fourth-order valence-corrected chi connectivity index (χ4v) is 1.23. The predicted molar refractivity (Wildman–Crippen MR) is 50.3 cm³/mol. The van der Waals surface area contributed by atoms with Crippen molar-refractivity contribution < 1.29 is 4.79 Å². The zero-order chi connectivity index (χ0) is 9.10. The first kappa shape index (κ1) is 7.86. The van der Waals surface area contributed by atoms with E-state index in [1.54, 1.807) is 12.4 Å². The van der Waals surface area contributed by atoms with Gasteiger partial charge in [-0.2, -0.15) is 0 Å². The minimum atomic E-state index is -0.0960. The van der Waals surface area contributed by atoms with Crippen LogP contribution in [0.1, 0.15) is 12.0 Å². The number of aromatic nitrogens is 1. The number of allylic oxidation sites excluding steroid dienone is 1. The van der Waals surface area contributed by atoms with Crippen molar-refractivity contribution in [2.45, 2.75) is 6.42 Å². The van der Waals surface area contributed by atoms with Gasteiger partial charge < -0.3 is 0 Å². The lowest BCUT2D eigenvalue weighted by molar-refractivity contribution is -0.116. The molecule has 0 saturated carbocycles. The van der Waals surface area contributed by atoms with Crippen molar-refractivity contribution in [1.82, 2.24) is 4.98 Å². The average molecular weight is 172 g/mol. The van der Waals surface area contributed by atoms with Crippen molar-refractivity contribution in [1.29, 1.82) is 0 Å². The Morgan fingerprint density at radius 3 is 3.00 bits per heavy atom. The van der Waals surface area contributed by atoms with E-state index in [9.17, 15) is 4.79 Å². The van der Waals surface area contributed by atoms with E-state index < -0.39 is 0 Å². The first-order chi connectivity index (χ1) is 6.36. The van der Waals surface area contributed by atoms with Gasteiger partial charge in [0.25, 0.3) is 0 Å². The molecular weight excluding hydrogens is 164 g/mol. The molecule has 1 aromatic heterocycles. The number of carbonyl (C=O) groups is 1. The predicted octanol–water partition coefficient (Wildman–Crippen LogP) is 1.47. The van der Waals surface area contributed by atoms with E-state index in [1.165, 1.54) is 6.21 Å². The minimum absolute atomic E-state index is 0.0960.